The second kappa shape index (κ2) is 9.28. The van der Waals surface area contributed by atoms with Crippen molar-refractivity contribution in [3.05, 3.63) is 68.7 Å². The number of hydrogen-bond acceptors (Lipinski definition) is 2. The van der Waals surface area contributed by atoms with Crippen molar-refractivity contribution in [2.45, 2.75) is 27.7 Å². The second-order valence-corrected chi connectivity index (χ2v) is 4.92. The zero-order chi connectivity index (χ0) is 17.4. The summed E-state index contributed by atoms with van der Waals surface area (Å²) in [4.78, 5) is 15.5. The third-order valence-corrected chi connectivity index (χ3v) is 3.39. The first kappa shape index (κ1) is 19.1. The van der Waals surface area contributed by atoms with E-state index in [4.69, 9.17) is 23.8 Å². The lowest BCUT2D eigenvalue weighted by molar-refractivity contribution is 0.940. The Balaban J connectivity index is 0.000000615. The van der Waals surface area contributed by atoms with Gasteiger partial charge in [0.15, 0.2) is 4.77 Å². The average Bonchev–Trinajstić information content (AvgIpc) is 2.59. The first-order valence-electron chi connectivity index (χ1n) is 7.67. The SMILES string of the molecule is CC.CC.O=c1c2ccccc2[nH]c(=S)n1-c1cccc(Cl)c1. The molecule has 0 atom stereocenters. The summed E-state index contributed by atoms with van der Waals surface area (Å²) in [6, 6.07) is 14.3. The van der Waals surface area contributed by atoms with E-state index >= 15 is 0 Å². The molecule has 0 fully saturated rings. The molecule has 0 aliphatic carbocycles. The van der Waals surface area contributed by atoms with Gasteiger partial charge in [-0.2, -0.15) is 0 Å². The van der Waals surface area contributed by atoms with Gasteiger partial charge in [0.1, 0.15) is 0 Å². The fourth-order valence-electron chi connectivity index (χ4n) is 2.01. The van der Waals surface area contributed by atoms with Crippen LogP contribution in [0.25, 0.3) is 16.6 Å². The molecule has 1 heterocycles. The van der Waals surface area contributed by atoms with Gasteiger partial charge in [-0.25, -0.2) is 0 Å². The van der Waals surface area contributed by atoms with Gasteiger partial charge < -0.3 is 4.98 Å². The molecule has 0 unspecified atom stereocenters. The second-order valence-electron chi connectivity index (χ2n) is 4.10. The summed E-state index contributed by atoms with van der Waals surface area (Å²) in [5.74, 6) is 0. The highest BCUT2D eigenvalue weighted by Crippen LogP contribution is 2.15. The summed E-state index contributed by atoms with van der Waals surface area (Å²) in [5, 5.41) is 1.16. The van der Waals surface area contributed by atoms with E-state index in [2.05, 4.69) is 4.98 Å². The standard InChI is InChI=1S/C14H9ClN2OS.2C2H6/c15-9-4-3-5-10(8-9)17-13(18)11-6-1-2-7-12(11)16-14(17)19;2*1-2/h1-8H,(H,16,19);2*1-2H3. The van der Waals surface area contributed by atoms with Crippen LogP contribution in [0.2, 0.25) is 5.02 Å². The molecule has 23 heavy (non-hydrogen) atoms. The molecule has 0 amide bonds. The lowest BCUT2D eigenvalue weighted by Gasteiger charge is -2.08. The Morgan fingerprint density at radius 3 is 2.30 bits per heavy atom. The summed E-state index contributed by atoms with van der Waals surface area (Å²) in [5.41, 5.74) is 1.24. The van der Waals surface area contributed by atoms with Crippen molar-refractivity contribution in [3.8, 4) is 5.69 Å². The van der Waals surface area contributed by atoms with Gasteiger partial charge in [-0.3, -0.25) is 9.36 Å². The van der Waals surface area contributed by atoms with E-state index in [1.807, 2.05) is 45.9 Å². The van der Waals surface area contributed by atoms with Gasteiger partial charge in [0.05, 0.1) is 16.6 Å². The Bertz CT molecular complexity index is 884. The molecular weight excluding hydrogens is 328 g/mol. The fraction of sp³-hybridized carbons (Fsp3) is 0.222. The number of aromatic nitrogens is 2. The van der Waals surface area contributed by atoms with E-state index in [9.17, 15) is 4.79 Å². The highest BCUT2D eigenvalue weighted by atomic mass is 35.5. The zero-order valence-electron chi connectivity index (χ0n) is 13.8. The molecule has 3 aromatic rings. The summed E-state index contributed by atoms with van der Waals surface area (Å²) in [7, 11) is 0. The Morgan fingerprint density at radius 1 is 1.00 bits per heavy atom. The molecule has 3 rings (SSSR count). The maximum Gasteiger partial charge on any atom is 0.266 e. The van der Waals surface area contributed by atoms with Crippen LogP contribution < -0.4 is 5.56 Å². The van der Waals surface area contributed by atoms with Crippen LogP contribution in [-0.4, -0.2) is 9.55 Å². The minimum Gasteiger partial charge on any atom is -0.331 e. The zero-order valence-corrected chi connectivity index (χ0v) is 15.3. The van der Waals surface area contributed by atoms with Crippen LogP contribution in [0.4, 0.5) is 0 Å². The lowest BCUT2D eigenvalue weighted by Crippen LogP contribution is -2.20. The van der Waals surface area contributed by atoms with Crippen molar-refractivity contribution in [3.63, 3.8) is 0 Å². The quantitative estimate of drug-likeness (QED) is 0.568. The smallest absolute Gasteiger partial charge is 0.266 e. The van der Waals surface area contributed by atoms with Crippen molar-refractivity contribution < 1.29 is 0 Å². The highest BCUT2D eigenvalue weighted by molar-refractivity contribution is 7.71. The van der Waals surface area contributed by atoms with E-state index in [-0.39, 0.29) is 5.56 Å². The third kappa shape index (κ3) is 4.30. The minimum atomic E-state index is -0.151. The molecule has 1 aromatic heterocycles. The molecule has 2 aromatic carbocycles. The fourth-order valence-corrected chi connectivity index (χ4v) is 2.49. The average molecular weight is 349 g/mol. The molecule has 3 nitrogen and oxygen atoms in total. The van der Waals surface area contributed by atoms with Crippen LogP contribution in [0.15, 0.2) is 53.3 Å². The number of rotatable bonds is 1. The molecule has 0 bridgehead atoms. The summed E-state index contributed by atoms with van der Waals surface area (Å²) in [6.07, 6.45) is 0. The van der Waals surface area contributed by atoms with E-state index in [0.717, 1.165) is 5.52 Å². The van der Waals surface area contributed by atoms with Gasteiger partial charge in [0, 0.05) is 5.02 Å². The summed E-state index contributed by atoms with van der Waals surface area (Å²) >= 11 is 11.2. The molecule has 5 heteroatoms. The Morgan fingerprint density at radius 2 is 1.65 bits per heavy atom. The first-order chi connectivity index (χ1) is 11.2. The van der Waals surface area contributed by atoms with E-state index < -0.39 is 0 Å². The highest BCUT2D eigenvalue weighted by Gasteiger charge is 2.07. The van der Waals surface area contributed by atoms with Crippen LogP contribution >= 0.6 is 23.8 Å². The normalized spacial score (nSPS) is 9.43. The van der Waals surface area contributed by atoms with Crippen LogP contribution in [0.3, 0.4) is 0 Å². The molecule has 0 aliphatic rings. The molecule has 0 saturated carbocycles. The van der Waals surface area contributed by atoms with Crippen molar-refractivity contribution >= 4 is 34.7 Å². The summed E-state index contributed by atoms with van der Waals surface area (Å²) < 4.78 is 1.80. The number of fused-ring (bicyclic) bond motifs is 1. The number of benzene rings is 2. The van der Waals surface area contributed by atoms with Gasteiger partial charge in [-0.15, -0.1) is 0 Å². The number of aromatic amines is 1. The predicted octanol–water partition coefficient (Wildman–Crippen LogP) is 5.75. The van der Waals surface area contributed by atoms with Crippen LogP contribution in [0, 0.1) is 4.77 Å². The predicted molar refractivity (Wildman–Crippen MR) is 102 cm³/mol. The molecule has 0 spiro atoms. The van der Waals surface area contributed by atoms with Gasteiger partial charge >= 0.3 is 0 Å². The number of halogens is 1. The first-order valence-corrected chi connectivity index (χ1v) is 8.45. The number of nitrogens with zero attached hydrogens (tertiary/aromatic N) is 1. The number of H-pyrrole nitrogens is 1. The molecule has 122 valence electrons. The lowest BCUT2D eigenvalue weighted by atomic mass is 10.2. The number of para-hydroxylation sites is 1. The molecule has 0 saturated heterocycles. The van der Waals surface area contributed by atoms with Crippen LogP contribution in [0.1, 0.15) is 27.7 Å². The van der Waals surface area contributed by atoms with Gasteiger partial charge in [-0.1, -0.05) is 57.5 Å². The van der Waals surface area contributed by atoms with Gasteiger partial charge in [0.25, 0.3) is 5.56 Å². The molecule has 1 N–H and O–H groups in total. The van der Waals surface area contributed by atoms with Gasteiger partial charge in [0.2, 0.25) is 0 Å². The Kier molecular flexibility index (Phi) is 7.72. The largest absolute Gasteiger partial charge is 0.331 e. The van der Waals surface area contributed by atoms with Crippen molar-refractivity contribution in [2.75, 3.05) is 0 Å². The van der Waals surface area contributed by atoms with E-state index in [1.54, 1.807) is 30.3 Å². The van der Waals surface area contributed by atoms with E-state index in [1.165, 1.54) is 4.57 Å². The van der Waals surface area contributed by atoms with Crippen LogP contribution in [-0.2, 0) is 0 Å². The van der Waals surface area contributed by atoms with E-state index in [0.29, 0.717) is 20.9 Å². The Labute approximate surface area is 146 Å². The monoisotopic (exact) mass is 348 g/mol. The minimum absolute atomic E-state index is 0.151. The number of nitrogens with one attached hydrogen (secondary N) is 1. The van der Waals surface area contributed by atoms with Crippen molar-refractivity contribution in [2.24, 2.45) is 0 Å². The van der Waals surface area contributed by atoms with Crippen LogP contribution in [0.5, 0.6) is 0 Å². The summed E-state index contributed by atoms with van der Waals surface area (Å²) in [6.45, 7) is 8.00. The van der Waals surface area contributed by atoms with Gasteiger partial charge in [-0.05, 0) is 42.5 Å². The topological polar surface area (TPSA) is 37.8 Å². The number of hydrogen-bond donors (Lipinski definition) is 1. The maximum absolute atomic E-state index is 12.5. The molecule has 0 aliphatic heterocycles. The molecular formula is C18H21ClN2OS. The third-order valence-electron chi connectivity index (χ3n) is 2.87. The molecule has 0 radical (unpaired) electrons. The van der Waals surface area contributed by atoms with Crippen molar-refractivity contribution in [1.29, 1.82) is 0 Å². The Hall–Kier alpha value is -1.91. The maximum atomic E-state index is 12.5. The van der Waals surface area contributed by atoms with Crippen molar-refractivity contribution in [1.82, 2.24) is 9.55 Å².